The number of urea groups is 1. The van der Waals surface area contributed by atoms with E-state index in [4.69, 9.17) is 0 Å². The van der Waals surface area contributed by atoms with Crippen LogP contribution >= 0.6 is 0 Å². The van der Waals surface area contributed by atoms with Gasteiger partial charge in [0.2, 0.25) is 0 Å². The molecule has 0 spiro atoms. The van der Waals surface area contributed by atoms with Gasteiger partial charge in [0, 0.05) is 20.1 Å². The fourth-order valence-electron chi connectivity index (χ4n) is 2.00. The average Bonchev–Trinajstić information content (AvgIpc) is 2.22. The number of hydrogen-bond acceptors (Lipinski definition) is 2. The van der Waals surface area contributed by atoms with E-state index in [1.54, 1.807) is 4.90 Å². The first-order valence-corrected chi connectivity index (χ1v) is 5.81. The Bertz CT molecular complexity index is 200. The van der Waals surface area contributed by atoms with Gasteiger partial charge in [-0.15, -0.1) is 0 Å². The average molecular weight is 213 g/mol. The number of nitrogens with one attached hydrogen (secondary N) is 1. The first-order valence-electron chi connectivity index (χ1n) is 5.81. The second-order valence-electron chi connectivity index (χ2n) is 4.46. The van der Waals surface area contributed by atoms with E-state index in [1.165, 1.54) is 12.8 Å². The number of carbonyl (C=O) groups is 1. The van der Waals surface area contributed by atoms with Crippen molar-refractivity contribution in [3.8, 4) is 0 Å². The maximum atomic E-state index is 11.5. The van der Waals surface area contributed by atoms with Gasteiger partial charge in [0.15, 0.2) is 0 Å². The van der Waals surface area contributed by atoms with Gasteiger partial charge in [-0.1, -0.05) is 0 Å². The number of nitrogens with zero attached hydrogens (tertiary/aromatic N) is 2. The van der Waals surface area contributed by atoms with E-state index in [0.29, 0.717) is 12.5 Å². The van der Waals surface area contributed by atoms with Crippen molar-refractivity contribution in [2.75, 3.05) is 40.3 Å². The van der Waals surface area contributed by atoms with Crippen LogP contribution in [0.4, 0.5) is 4.79 Å². The van der Waals surface area contributed by atoms with Crippen LogP contribution in [-0.4, -0.2) is 56.1 Å². The van der Waals surface area contributed by atoms with Gasteiger partial charge in [0.05, 0.1) is 0 Å². The Labute approximate surface area is 92.6 Å². The molecular weight excluding hydrogens is 190 g/mol. The van der Waals surface area contributed by atoms with Gasteiger partial charge in [0.1, 0.15) is 0 Å². The highest BCUT2D eigenvalue weighted by Crippen LogP contribution is 2.16. The van der Waals surface area contributed by atoms with Crippen molar-refractivity contribution >= 4 is 6.03 Å². The van der Waals surface area contributed by atoms with Gasteiger partial charge >= 0.3 is 6.03 Å². The third-order valence-electron chi connectivity index (χ3n) is 3.04. The number of amides is 2. The lowest BCUT2D eigenvalue weighted by atomic mass is 9.97. The first-order chi connectivity index (χ1) is 7.13. The van der Waals surface area contributed by atoms with Crippen molar-refractivity contribution in [3.63, 3.8) is 0 Å². The van der Waals surface area contributed by atoms with Crippen LogP contribution in [0.5, 0.6) is 0 Å². The minimum absolute atomic E-state index is 0.0522. The summed E-state index contributed by atoms with van der Waals surface area (Å²) >= 11 is 0. The molecule has 0 aromatic heterocycles. The quantitative estimate of drug-likeness (QED) is 0.759. The SMILES string of the molecule is CCNC(=O)N(C)CC1CCN(C)CC1. The molecule has 0 aromatic carbocycles. The summed E-state index contributed by atoms with van der Waals surface area (Å²) in [5.41, 5.74) is 0. The van der Waals surface area contributed by atoms with Crippen molar-refractivity contribution in [1.82, 2.24) is 15.1 Å². The van der Waals surface area contributed by atoms with Crippen LogP contribution in [0, 0.1) is 5.92 Å². The van der Waals surface area contributed by atoms with Gasteiger partial charge < -0.3 is 15.1 Å². The van der Waals surface area contributed by atoms with E-state index < -0.39 is 0 Å². The van der Waals surface area contributed by atoms with Crippen LogP contribution in [-0.2, 0) is 0 Å². The molecule has 0 saturated carbocycles. The fourth-order valence-corrected chi connectivity index (χ4v) is 2.00. The Kier molecular flexibility index (Phi) is 4.88. The summed E-state index contributed by atoms with van der Waals surface area (Å²) in [6, 6.07) is 0.0522. The number of likely N-dealkylation sites (tertiary alicyclic amines) is 1. The molecule has 1 saturated heterocycles. The van der Waals surface area contributed by atoms with Gasteiger partial charge in [-0.3, -0.25) is 0 Å². The Morgan fingerprint density at radius 1 is 1.47 bits per heavy atom. The predicted molar refractivity (Wildman–Crippen MR) is 61.9 cm³/mol. The van der Waals surface area contributed by atoms with E-state index in [1.807, 2.05) is 14.0 Å². The summed E-state index contributed by atoms with van der Waals surface area (Å²) in [6.07, 6.45) is 2.42. The zero-order valence-electron chi connectivity index (χ0n) is 10.1. The summed E-state index contributed by atoms with van der Waals surface area (Å²) in [5, 5.41) is 2.82. The molecule has 4 heteroatoms. The zero-order chi connectivity index (χ0) is 11.3. The number of rotatable bonds is 3. The summed E-state index contributed by atoms with van der Waals surface area (Å²) < 4.78 is 0. The molecule has 15 heavy (non-hydrogen) atoms. The van der Waals surface area contributed by atoms with Crippen LogP contribution in [0.25, 0.3) is 0 Å². The van der Waals surface area contributed by atoms with E-state index >= 15 is 0 Å². The standard InChI is InChI=1S/C11H23N3O/c1-4-12-11(15)14(3)9-10-5-7-13(2)8-6-10/h10H,4-9H2,1-3H3,(H,12,15). The van der Waals surface area contributed by atoms with Crippen LogP contribution in [0.2, 0.25) is 0 Å². The molecule has 0 atom stereocenters. The van der Waals surface area contributed by atoms with Crippen LogP contribution in [0.15, 0.2) is 0 Å². The fraction of sp³-hybridized carbons (Fsp3) is 0.909. The van der Waals surface area contributed by atoms with E-state index in [0.717, 1.165) is 19.6 Å². The summed E-state index contributed by atoms with van der Waals surface area (Å²) in [5.74, 6) is 0.675. The van der Waals surface area contributed by atoms with Crippen LogP contribution in [0.3, 0.4) is 0 Å². The van der Waals surface area contributed by atoms with Gasteiger partial charge in [-0.25, -0.2) is 4.79 Å². The molecule has 1 aliphatic rings. The Morgan fingerprint density at radius 2 is 2.07 bits per heavy atom. The van der Waals surface area contributed by atoms with E-state index in [9.17, 15) is 4.79 Å². The zero-order valence-corrected chi connectivity index (χ0v) is 10.1. The topological polar surface area (TPSA) is 35.6 Å². The van der Waals surface area contributed by atoms with Crippen molar-refractivity contribution in [1.29, 1.82) is 0 Å². The van der Waals surface area contributed by atoms with E-state index in [-0.39, 0.29) is 6.03 Å². The maximum absolute atomic E-state index is 11.5. The minimum Gasteiger partial charge on any atom is -0.338 e. The highest BCUT2D eigenvalue weighted by atomic mass is 16.2. The number of carbonyl (C=O) groups excluding carboxylic acids is 1. The largest absolute Gasteiger partial charge is 0.338 e. The predicted octanol–water partition coefficient (Wildman–Crippen LogP) is 0.990. The summed E-state index contributed by atoms with van der Waals surface area (Å²) in [7, 11) is 4.03. The normalized spacial score (nSPS) is 18.9. The van der Waals surface area contributed by atoms with Crippen molar-refractivity contribution in [2.24, 2.45) is 5.92 Å². The molecule has 1 N–H and O–H groups in total. The lowest BCUT2D eigenvalue weighted by Gasteiger charge is -2.31. The molecule has 1 rings (SSSR count). The Balaban J connectivity index is 2.25. The number of hydrogen-bond donors (Lipinski definition) is 1. The molecule has 1 aliphatic heterocycles. The molecule has 0 aromatic rings. The molecule has 0 radical (unpaired) electrons. The molecule has 0 unspecified atom stereocenters. The van der Waals surface area contributed by atoms with E-state index in [2.05, 4.69) is 17.3 Å². The maximum Gasteiger partial charge on any atom is 0.317 e. The van der Waals surface area contributed by atoms with Crippen LogP contribution < -0.4 is 5.32 Å². The van der Waals surface area contributed by atoms with Crippen molar-refractivity contribution in [3.05, 3.63) is 0 Å². The highest BCUT2D eigenvalue weighted by Gasteiger charge is 2.19. The van der Waals surface area contributed by atoms with Gasteiger partial charge in [-0.2, -0.15) is 0 Å². The lowest BCUT2D eigenvalue weighted by Crippen LogP contribution is -2.42. The van der Waals surface area contributed by atoms with Crippen molar-refractivity contribution in [2.45, 2.75) is 19.8 Å². The van der Waals surface area contributed by atoms with Gasteiger partial charge in [0.25, 0.3) is 0 Å². The summed E-state index contributed by atoms with van der Waals surface area (Å²) in [4.78, 5) is 15.6. The van der Waals surface area contributed by atoms with Gasteiger partial charge in [-0.05, 0) is 45.8 Å². The monoisotopic (exact) mass is 213 g/mol. The smallest absolute Gasteiger partial charge is 0.317 e. The Hall–Kier alpha value is -0.770. The Morgan fingerprint density at radius 3 is 2.60 bits per heavy atom. The molecule has 2 amide bonds. The minimum atomic E-state index is 0.0522. The third kappa shape index (κ3) is 4.08. The second-order valence-corrected chi connectivity index (χ2v) is 4.46. The first kappa shape index (κ1) is 12.3. The highest BCUT2D eigenvalue weighted by molar-refractivity contribution is 5.73. The molecule has 0 bridgehead atoms. The third-order valence-corrected chi connectivity index (χ3v) is 3.04. The van der Waals surface area contributed by atoms with Crippen LogP contribution in [0.1, 0.15) is 19.8 Å². The number of piperidine rings is 1. The molecule has 4 nitrogen and oxygen atoms in total. The summed E-state index contributed by atoms with van der Waals surface area (Å²) in [6.45, 7) is 5.86. The van der Waals surface area contributed by atoms with Crippen molar-refractivity contribution < 1.29 is 4.79 Å². The second kappa shape index (κ2) is 5.95. The molecule has 1 fully saturated rings. The molecule has 88 valence electrons. The molecular formula is C11H23N3O. The molecule has 1 heterocycles. The lowest BCUT2D eigenvalue weighted by molar-refractivity contribution is 0.170. The molecule has 0 aliphatic carbocycles.